The van der Waals surface area contributed by atoms with E-state index in [2.05, 4.69) is 0 Å². The van der Waals surface area contributed by atoms with Crippen LogP contribution in [0.2, 0.25) is 0 Å². The highest BCUT2D eigenvalue weighted by Crippen LogP contribution is 2.34. The van der Waals surface area contributed by atoms with E-state index in [1.54, 1.807) is 31.2 Å². The van der Waals surface area contributed by atoms with Gasteiger partial charge in [0.05, 0.1) is 11.2 Å². The predicted octanol–water partition coefficient (Wildman–Crippen LogP) is 1.76. The number of benzene rings is 1. The molecule has 1 aliphatic rings. The molecule has 0 radical (unpaired) electrons. The van der Waals surface area contributed by atoms with E-state index >= 15 is 0 Å². The summed E-state index contributed by atoms with van der Waals surface area (Å²) in [5, 5.41) is 9.69. The second-order valence-corrected chi connectivity index (χ2v) is 4.16. The van der Waals surface area contributed by atoms with Gasteiger partial charge in [0.15, 0.2) is 0 Å². The lowest BCUT2D eigenvalue weighted by Crippen LogP contribution is -2.51. The van der Waals surface area contributed by atoms with Gasteiger partial charge in [0.1, 0.15) is 6.10 Å². The number of rotatable bonds is 2. The Morgan fingerprint density at radius 2 is 2.13 bits per heavy atom. The third kappa shape index (κ3) is 2.02. The minimum atomic E-state index is -0.843. The van der Waals surface area contributed by atoms with E-state index in [1.807, 2.05) is 6.07 Å². The number of aliphatic hydroxyl groups is 1. The van der Waals surface area contributed by atoms with Crippen LogP contribution < -0.4 is 0 Å². The Morgan fingerprint density at radius 1 is 1.47 bits per heavy atom. The van der Waals surface area contributed by atoms with Gasteiger partial charge in [-0.15, -0.1) is 0 Å². The topological polar surface area (TPSA) is 46.5 Å². The molecule has 3 nitrogen and oxygen atoms in total. The van der Waals surface area contributed by atoms with Gasteiger partial charge in [-0.3, -0.25) is 0 Å². The fourth-order valence-electron chi connectivity index (χ4n) is 1.64. The Balaban J connectivity index is 1.99. The van der Waals surface area contributed by atoms with Crippen molar-refractivity contribution in [3.63, 3.8) is 0 Å². The predicted molar refractivity (Wildman–Crippen MR) is 55.5 cm³/mol. The summed E-state index contributed by atoms with van der Waals surface area (Å²) in [5.74, 6) is -0.361. The fraction of sp³-hybridized carbons (Fsp3) is 0.417. The van der Waals surface area contributed by atoms with Crippen LogP contribution in [0.5, 0.6) is 0 Å². The van der Waals surface area contributed by atoms with E-state index in [9.17, 15) is 9.90 Å². The number of hydrogen-bond donors (Lipinski definition) is 1. The molecule has 1 saturated carbocycles. The monoisotopic (exact) mass is 206 g/mol. The van der Waals surface area contributed by atoms with Crippen LogP contribution in [-0.4, -0.2) is 22.8 Å². The van der Waals surface area contributed by atoms with Gasteiger partial charge in [-0.25, -0.2) is 4.79 Å². The molecule has 1 fully saturated rings. The Hall–Kier alpha value is -1.35. The molecule has 0 saturated heterocycles. The quantitative estimate of drug-likeness (QED) is 0.750. The van der Waals surface area contributed by atoms with Gasteiger partial charge in [0.25, 0.3) is 0 Å². The first kappa shape index (κ1) is 10.2. The highest BCUT2D eigenvalue weighted by Gasteiger charge is 2.43. The first-order valence-corrected chi connectivity index (χ1v) is 5.08. The Kier molecular flexibility index (Phi) is 2.49. The van der Waals surface area contributed by atoms with Gasteiger partial charge in [-0.1, -0.05) is 18.2 Å². The SMILES string of the molecule is CC1(O)CCC1OC(=O)c1ccccc1. The van der Waals surface area contributed by atoms with Gasteiger partial charge >= 0.3 is 5.97 Å². The third-order valence-corrected chi connectivity index (χ3v) is 2.87. The molecule has 0 aromatic heterocycles. The molecule has 2 atom stereocenters. The van der Waals surface area contributed by atoms with Crippen LogP contribution in [0, 0.1) is 0 Å². The van der Waals surface area contributed by atoms with Crippen LogP contribution in [0.15, 0.2) is 30.3 Å². The average molecular weight is 206 g/mol. The highest BCUT2D eigenvalue weighted by atomic mass is 16.6. The van der Waals surface area contributed by atoms with E-state index in [0.29, 0.717) is 12.0 Å². The summed E-state index contributed by atoms with van der Waals surface area (Å²) in [6.45, 7) is 1.69. The van der Waals surface area contributed by atoms with Crippen molar-refractivity contribution in [1.29, 1.82) is 0 Å². The van der Waals surface area contributed by atoms with Crippen molar-refractivity contribution in [1.82, 2.24) is 0 Å². The lowest BCUT2D eigenvalue weighted by atomic mass is 9.78. The zero-order valence-corrected chi connectivity index (χ0v) is 8.64. The normalized spacial score (nSPS) is 29.3. The number of ether oxygens (including phenoxy) is 1. The number of carbonyl (C=O) groups excluding carboxylic acids is 1. The Labute approximate surface area is 88.7 Å². The molecule has 15 heavy (non-hydrogen) atoms. The summed E-state index contributed by atoms with van der Waals surface area (Å²) >= 11 is 0. The number of hydrogen-bond acceptors (Lipinski definition) is 3. The molecule has 1 aliphatic carbocycles. The largest absolute Gasteiger partial charge is 0.456 e. The summed E-state index contributed by atoms with van der Waals surface area (Å²) in [7, 11) is 0. The van der Waals surface area contributed by atoms with Crippen LogP contribution in [0.4, 0.5) is 0 Å². The summed E-state index contributed by atoms with van der Waals surface area (Å²) < 4.78 is 5.20. The molecule has 2 rings (SSSR count). The molecular formula is C12H14O3. The van der Waals surface area contributed by atoms with Crippen molar-refractivity contribution >= 4 is 5.97 Å². The molecule has 1 N–H and O–H groups in total. The maximum atomic E-state index is 11.6. The number of carbonyl (C=O) groups is 1. The average Bonchev–Trinajstić information content (AvgIpc) is 2.25. The zero-order valence-electron chi connectivity index (χ0n) is 8.64. The third-order valence-electron chi connectivity index (χ3n) is 2.87. The molecule has 0 bridgehead atoms. The van der Waals surface area contributed by atoms with Crippen molar-refractivity contribution in [3.05, 3.63) is 35.9 Å². The van der Waals surface area contributed by atoms with Crippen LogP contribution in [0.3, 0.4) is 0 Å². The molecule has 2 unspecified atom stereocenters. The van der Waals surface area contributed by atoms with Crippen molar-refractivity contribution in [3.8, 4) is 0 Å². The van der Waals surface area contributed by atoms with E-state index in [1.165, 1.54) is 0 Å². The van der Waals surface area contributed by atoms with E-state index in [0.717, 1.165) is 6.42 Å². The van der Waals surface area contributed by atoms with Crippen LogP contribution >= 0.6 is 0 Å². The summed E-state index contributed by atoms with van der Waals surface area (Å²) in [4.78, 5) is 11.6. The molecule has 0 heterocycles. The van der Waals surface area contributed by atoms with Crippen molar-refractivity contribution in [2.24, 2.45) is 0 Å². The molecule has 0 spiro atoms. The summed E-state index contributed by atoms with van der Waals surface area (Å²) in [6.07, 6.45) is 1.08. The first-order chi connectivity index (χ1) is 7.09. The lowest BCUT2D eigenvalue weighted by Gasteiger charge is -2.41. The molecule has 0 amide bonds. The Bertz CT molecular complexity index is 356. The van der Waals surface area contributed by atoms with E-state index in [4.69, 9.17) is 4.74 Å². The molecular weight excluding hydrogens is 192 g/mol. The van der Waals surface area contributed by atoms with E-state index in [-0.39, 0.29) is 12.1 Å². The number of esters is 1. The van der Waals surface area contributed by atoms with Crippen LogP contribution in [0.1, 0.15) is 30.1 Å². The lowest BCUT2D eigenvalue weighted by molar-refractivity contribution is -0.136. The molecule has 0 aliphatic heterocycles. The smallest absolute Gasteiger partial charge is 0.338 e. The van der Waals surface area contributed by atoms with Gasteiger partial charge in [0.2, 0.25) is 0 Å². The van der Waals surface area contributed by atoms with Gasteiger partial charge in [0, 0.05) is 0 Å². The van der Waals surface area contributed by atoms with Gasteiger partial charge in [-0.05, 0) is 31.9 Å². The minimum Gasteiger partial charge on any atom is -0.456 e. The molecule has 1 aromatic carbocycles. The Morgan fingerprint density at radius 3 is 2.60 bits per heavy atom. The van der Waals surface area contributed by atoms with Crippen LogP contribution in [0.25, 0.3) is 0 Å². The summed E-state index contributed by atoms with van der Waals surface area (Å²) in [5.41, 5.74) is -0.315. The second-order valence-electron chi connectivity index (χ2n) is 4.16. The standard InChI is InChI=1S/C12H14O3/c1-12(14)8-7-10(12)15-11(13)9-5-3-2-4-6-9/h2-6,10,14H,7-8H2,1H3. The molecule has 1 aromatic rings. The van der Waals surface area contributed by atoms with Gasteiger partial charge in [-0.2, -0.15) is 0 Å². The maximum Gasteiger partial charge on any atom is 0.338 e. The second kappa shape index (κ2) is 3.66. The highest BCUT2D eigenvalue weighted by molar-refractivity contribution is 5.89. The van der Waals surface area contributed by atoms with Crippen LogP contribution in [-0.2, 0) is 4.74 Å². The first-order valence-electron chi connectivity index (χ1n) is 5.08. The minimum absolute atomic E-state index is 0.356. The molecule has 3 heteroatoms. The van der Waals surface area contributed by atoms with Crippen molar-refractivity contribution in [2.45, 2.75) is 31.5 Å². The van der Waals surface area contributed by atoms with Gasteiger partial charge < -0.3 is 9.84 Å². The molecule has 80 valence electrons. The maximum absolute atomic E-state index is 11.6. The van der Waals surface area contributed by atoms with E-state index < -0.39 is 5.60 Å². The fourth-order valence-corrected chi connectivity index (χ4v) is 1.64. The zero-order chi connectivity index (χ0) is 10.9. The van der Waals surface area contributed by atoms with Crippen molar-refractivity contribution in [2.75, 3.05) is 0 Å². The van der Waals surface area contributed by atoms with Crippen molar-refractivity contribution < 1.29 is 14.6 Å². The summed E-state index contributed by atoms with van der Waals surface area (Å²) in [6, 6.07) is 8.83.